The van der Waals surface area contributed by atoms with Crippen LogP contribution in [0.3, 0.4) is 0 Å². The molecule has 62 valence electrons. The van der Waals surface area contributed by atoms with Crippen LogP contribution in [0.5, 0.6) is 5.75 Å². The Labute approximate surface area is 71.9 Å². The van der Waals surface area contributed by atoms with Gasteiger partial charge in [-0.3, -0.25) is 0 Å². The molecule has 1 heterocycles. The van der Waals surface area contributed by atoms with Crippen molar-refractivity contribution in [3.8, 4) is 5.75 Å². The first-order valence-electron chi connectivity index (χ1n) is 4.12. The first-order chi connectivity index (χ1) is 5.95. The third-order valence-electron chi connectivity index (χ3n) is 1.74. The lowest BCUT2D eigenvalue weighted by Gasteiger charge is -2.05. The Kier molecular flexibility index (Phi) is 1.99. The summed E-state index contributed by atoms with van der Waals surface area (Å²) in [6.07, 6.45) is 3.12. The number of benzene rings is 1. The molecular formula is C10H11NO. The topological polar surface area (TPSA) is 21.3 Å². The zero-order valence-electron chi connectivity index (χ0n) is 6.79. The highest BCUT2D eigenvalue weighted by Crippen LogP contribution is 2.13. The Morgan fingerprint density at radius 3 is 2.67 bits per heavy atom. The van der Waals surface area contributed by atoms with Gasteiger partial charge in [-0.2, -0.15) is 0 Å². The van der Waals surface area contributed by atoms with Crippen LogP contribution in [0.1, 0.15) is 6.42 Å². The second-order valence-corrected chi connectivity index (χ2v) is 2.70. The monoisotopic (exact) mass is 161 g/mol. The van der Waals surface area contributed by atoms with E-state index in [0.717, 1.165) is 24.6 Å². The highest BCUT2D eigenvalue weighted by molar-refractivity contribution is 5.23. The zero-order chi connectivity index (χ0) is 8.23. The summed E-state index contributed by atoms with van der Waals surface area (Å²) in [5, 5.41) is 3.14. The quantitative estimate of drug-likeness (QED) is 0.715. The second kappa shape index (κ2) is 3.30. The SMILES string of the molecule is C1=C(Oc2ccccc2)NCC1. The van der Waals surface area contributed by atoms with E-state index < -0.39 is 0 Å². The van der Waals surface area contributed by atoms with E-state index in [1.807, 2.05) is 30.3 Å². The summed E-state index contributed by atoms with van der Waals surface area (Å²) in [6.45, 7) is 0.988. The summed E-state index contributed by atoms with van der Waals surface area (Å²) >= 11 is 0. The zero-order valence-corrected chi connectivity index (χ0v) is 6.79. The number of hydrogen-bond acceptors (Lipinski definition) is 2. The molecule has 0 aromatic heterocycles. The van der Waals surface area contributed by atoms with Crippen LogP contribution in [-0.4, -0.2) is 6.54 Å². The van der Waals surface area contributed by atoms with Gasteiger partial charge in [-0.25, -0.2) is 0 Å². The summed E-state index contributed by atoms with van der Waals surface area (Å²) in [6, 6.07) is 9.79. The third kappa shape index (κ3) is 1.59. The minimum atomic E-state index is 0.876. The Hall–Kier alpha value is -1.44. The smallest absolute Gasteiger partial charge is 0.189 e. The molecule has 1 aromatic rings. The van der Waals surface area contributed by atoms with Gasteiger partial charge in [0.05, 0.1) is 0 Å². The molecule has 0 unspecified atom stereocenters. The minimum absolute atomic E-state index is 0.876. The van der Waals surface area contributed by atoms with Gasteiger partial charge in [0.15, 0.2) is 5.88 Å². The van der Waals surface area contributed by atoms with Gasteiger partial charge in [0.2, 0.25) is 0 Å². The van der Waals surface area contributed by atoms with Crippen molar-refractivity contribution >= 4 is 0 Å². The minimum Gasteiger partial charge on any atom is -0.442 e. The number of nitrogens with one attached hydrogen (secondary N) is 1. The molecule has 0 saturated heterocycles. The van der Waals surface area contributed by atoms with Gasteiger partial charge in [-0.1, -0.05) is 18.2 Å². The first-order valence-corrected chi connectivity index (χ1v) is 4.12. The summed E-state index contributed by atoms with van der Waals surface area (Å²) in [5.74, 6) is 1.76. The van der Waals surface area contributed by atoms with Crippen LogP contribution >= 0.6 is 0 Å². The Morgan fingerprint density at radius 2 is 2.00 bits per heavy atom. The van der Waals surface area contributed by atoms with Crippen LogP contribution in [0.15, 0.2) is 42.3 Å². The lowest BCUT2D eigenvalue weighted by molar-refractivity contribution is 0.394. The lowest BCUT2D eigenvalue weighted by Crippen LogP contribution is -2.12. The lowest BCUT2D eigenvalue weighted by atomic mass is 10.3. The van der Waals surface area contributed by atoms with Gasteiger partial charge in [0, 0.05) is 6.54 Å². The summed E-state index contributed by atoms with van der Waals surface area (Å²) in [5.41, 5.74) is 0. The second-order valence-electron chi connectivity index (χ2n) is 2.70. The van der Waals surface area contributed by atoms with Crippen LogP contribution in [0.4, 0.5) is 0 Å². The molecular weight excluding hydrogens is 150 g/mol. The first kappa shape index (κ1) is 7.22. The highest BCUT2D eigenvalue weighted by Gasteiger charge is 2.03. The van der Waals surface area contributed by atoms with Crippen molar-refractivity contribution in [1.82, 2.24) is 5.32 Å². The number of ether oxygens (including phenoxy) is 1. The summed E-state index contributed by atoms with van der Waals surface area (Å²) in [4.78, 5) is 0. The molecule has 12 heavy (non-hydrogen) atoms. The van der Waals surface area contributed by atoms with Crippen molar-refractivity contribution in [1.29, 1.82) is 0 Å². The molecule has 1 aliphatic rings. The maximum Gasteiger partial charge on any atom is 0.189 e. The Balaban J connectivity index is 2.04. The largest absolute Gasteiger partial charge is 0.442 e. The predicted molar refractivity (Wildman–Crippen MR) is 47.8 cm³/mol. The summed E-state index contributed by atoms with van der Waals surface area (Å²) < 4.78 is 5.53. The molecule has 0 aliphatic carbocycles. The Bertz CT molecular complexity index is 279. The van der Waals surface area contributed by atoms with Gasteiger partial charge in [-0.15, -0.1) is 0 Å². The van der Waals surface area contributed by atoms with E-state index in [2.05, 4.69) is 11.4 Å². The number of hydrogen-bond donors (Lipinski definition) is 1. The number of rotatable bonds is 2. The molecule has 0 atom stereocenters. The van der Waals surface area contributed by atoms with Crippen molar-refractivity contribution in [2.24, 2.45) is 0 Å². The molecule has 0 radical (unpaired) electrons. The molecule has 1 N–H and O–H groups in total. The fraction of sp³-hybridized carbons (Fsp3) is 0.200. The van der Waals surface area contributed by atoms with E-state index >= 15 is 0 Å². The van der Waals surface area contributed by atoms with Crippen LogP contribution < -0.4 is 10.1 Å². The molecule has 2 rings (SSSR count). The molecule has 0 spiro atoms. The maximum atomic E-state index is 5.53. The van der Waals surface area contributed by atoms with Gasteiger partial charge in [0.1, 0.15) is 5.75 Å². The van der Waals surface area contributed by atoms with Gasteiger partial charge in [0.25, 0.3) is 0 Å². The third-order valence-corrected chi connectivity index (χ3v) is 1.74. The van der Waals surface area contributed by atoms with Crippen molar-refractivity contribution in [2.45, 2.75) is 6.42 Å². The van der Waals surface area contributed by atoms with Crippen LogP contribution in [-0.2, 0) is 0 Å². The van der Waals surface area contributed by atoms with Crippen molar-refractivity contribution in [3.05, 3.63) is 42.3 Å². The van der Waals surface area contributed by atoms with Crippen molar-refractivity contribution in [2.75, 3.05) is 6.54 Å². The number of para-hydroxylation sites is 1. The van der Waals surface area contributed by atoms with E-state index in [4.69, 9.17) is 4.74 Å². The van der Waals surface area contributed by atoms with Crippen molar-refractivity contribution < 1.29 is 4.74 Å². The molecule has 2 nitrogen and oxygen atoms in total. The molecule has 0 saturated carbocycles. The van der Waals surface area contributed by atoms with Crippen LogP contribution in [0.2, 0.25) is 0 Å². The van der Waals surface area contributed by atoms with E-state index in [-0.39, 0.29) is 0 Å². The average Bonchev–Trinajstić information content (AvgIpc) is 2.59. The van der Waals surface area contributed by atoms with E-state index in [1.54, 1.807) is 0 Å². The average molecular weight is 161 g/mol. The normalized spacial score (nSPS) is 15.2. The Morgan fingerprint density at radius 1 is 1.17 bits per heavy atom. The van der Waals surface area contributed by atoms with E-state index in [1.165, 1.54) is 0 Å². The maximum absolute atomic E-state index is 5.53. The van der Waals surface area contributed by atoms with Gasteiger partial charge >= 0.3 is 0 Å². The molecule has 0 fully saturated rings. The molecule has 0 bridgehead atoms. The molecule has 1 aromatic carbocycles. The van der Waals surface area contributed by atoms with E-state index in [0.29, 0.717) is 0 Å². The summed E-state index contributed by atoms with van der Waals surface area (Å²) in [7, 11) is 0. The standard InChI is InChI=1S/C10H11NO/c1-2-5-9(6-3-1)12-10-7-4-8-11-10/h1-3,5-7,11H,4,8H2. The highest BCUT2D eigenvalue weighted by atomic mass is 16.5. The fourth-order valence-corrected chi connectivity index (χ4v) is 1.16. The van der Waals surface area contributed by atoms with E-state index in [9.17, 15) is 0 Å². The van der Waals surface area contributed by atoms with Gasteiger partial charge in [-0.05, 0) is 24.6 Å². The van der Waals surface area contributed by atoms with Crippen molar-refractivity contribution in [3.63, 3.8) is 0 Å². The molecule has 1 aliphatic heterocycles. The predicted octanol–water partition coefficient (Wildman–Crippen LogP) is 1.90. The van der Waals surface area contributed by atoms with Crippen LogP contribution in [0.25, 0.3) is 0 Å². The fourth-order valence-electron chi connectivity index (χ4n) is 1.16. The van der Waals surface area contributed by atoms with Gasteiger partial charge < -0.3 is 10.1 Å². The molecule has 0 amide bonds. The molecule has 2 heteroatoms. The van der Waals surface area contributed by atoms with Crippen LogP contribution in [0, 0.1) is 0 Å².